The summed E-state index contributed by atoms with van der Waals surface area (Å²) >= 11 is 5.84. The van der Waals surface area contributed by atoms with Crippen LogP contribution in [0.2, 0.25) is 5.02 Å². The van der Waals surface area contributed by atoms with Crippen LogP contribution in [0.4, 0.5) is 11.4 Å². The Bertz CT molecular complexity index is 519. The van der Waals surface area contributed by atoms with E-state index in [1.807, 2.05) is 6.92 Å². The van der Waals surface area contributed by atoms with Gasteiger partial charge in [-0.1, -0.05) is 18.5 Å². The Kier molecular flexibility index (Phi) is 3.95. The zero-order valence-corrected chi connectivity index (χ0v) is 11.4. The molecule has 0 bridgehead atoms. The summed E-state index contributed by atoms with van der Waals surface area (Å²) in [4.78, 5) is 25.0. The molecule has 5 nitrogen and oxygen atoms in total. The SMILES string of the molecule is CC1CC(=O)N(CC(=O)Nc2cc(Cl)ccc2N)C1. The number of likely N-dealkylation sites (tertiary alicyclic amines) is 1. The van der Waals surface area contributed by atoms with Crippen molar-refractivity contribution in [2.45, 2.75) is 13.3 Å². The highest BCUT2D eigenvalue weighted by Gasteiger charge is 2.27. The molecule has 1 heterocycles. The fraction of sp³-hybridized carbons (Fsp3) is 0.385. The summed E-state index contributed by atoms with van der Waals surface area (Å²) in [7, 11) is 0. The molecule has 0 saturated carbocycles. The number of nitrogens with zero attached hydrogens (tertiary/aromatic N) is 1. The highest BCUT2D eigenvalue weighted by atomic mass is 35.5. The van der Waals surface area contributed by atoms with Gasteiger partial charge in [0.25, 0.3) is 0 Å². The van der Waals surface area contributed by atoms with E-state index in [1.54, 1.807) is 23.1 Å². The van der Waals surface area contributed by atoms with Crippen molar-refractivity contribution in [1.29, 1.82) is 0 Å². The van der Waals surface area contributed by atoms with Gasteiger partial charge in [0, 0.05) is 18.0 Å². The number of nitrogens with two attached hydrogens (primary N) is 1. The van der Waals surface area contributed by atoms with Gasteiger partial charge >= 0.3 is 0 Å². The molecule has 1 unspecified atom stereocenters. The molecular weight excluding hydrogens is 266 g/mol. The lowest BCUT2D eigenvalue weighted by atomic mass is 10.2. The minimum absolute atomic E-state index is 0.0155. The number of amides is 2. The molecule has 1 aliphatic heterocycles. The molecule has 102 valence electrons. The molecule has 0 aromatic heterocycles. The third-order valence-electron chi connectivity index (χ3n) is 3.03. The van der Waals surface area contributed by atoms with Crippen molar-refractivity contribution >= 4 is 34.8 Å². The Labute approximate surface area is 116 Å². The van der Waals surface area contributed by atoms with Crippen molar-refractivity contribution in [3.05, 3.63) is 23.2 Å². The first-order valence-electron chi connectivity index (χ1n) is 6.08. The first-order valence-corrected chi connectivity index (χ1v) is 6.46. The number of halogens is 1. The standard InChI is InChI=1S/C13H16ClN3O2/c1-8-4-13(19)17(6-8)7-12(18)16-11-5-9(14)2-3-10(11)15/h2-3,5,8H,4,6-7,15H2,1H3,(H,16,18). The molecule has 1 fully saturated rings. The number of hydrogen-bond donors (Lipinski definition) is 2. The molecule has 2 amide bonds. The normalized spacial score (nSPS) is 18.7. The van der Waals surface area contributed by atoms with Crippen molar-refractivity contribution in [3.8, 4) is 0 Å². The number of carbonyl (C=O) groups is 2. The molecule has 0 radical (unpaired) electrons. The van der Waals surface area contributed by atoms with Gasteiger partial charge in [0.1, 0.15) is 0 Å². The third kappa shape index (κ3) is 3.38. The largest absolute Gasteiger partial charge is 0.397 e. The van der Waals surface area contributed by atoms with Crippen LogP contribution in [0.3, 0.4) is 0 Å². The van der Waals surface area contributed by atoms with Gasteiger partial charge in [-0.15, -0.1) is 0 Å². The summed E-state index contributed by atoms with van der Waals surface area (Å²) in [5.74, 6) is 0.0506. The van der Waals surface area contributed by atoms with Crippen LogP contribution in [-0.4, -0.2) is 29.8 Å². The molecule has 1 aromatic carbocycles. The molecule has 2 rings (SSSR count). The van der Waals surface area contributed by atoms with Gasteiger partial charge in [0.15, 0.2) is 0 Å². The first kappa shape index (κ1) is 13.7. The molecular formula is C13H16ClN3O2. The van der Waals surface area contributed by atoms with Crippen LogP contribution >= 0.6 is 11.6 Å². The summed E-state index contributed by atoms with van der Waals surface area (Å²) in [5, 5.41) is 3.17. The second-order valence-corrected chi connectivity index (χ2v) is 5.30. The van der Waals surface area contributed by atoms with Crippen molar-refractivity contribution in [1.82, 2.24) is 4.90 Å². The molecule has 3 N–H and O–H groups in total. The van der Waals surface area contributed by atoms with Crippen LogP contribution in [0.1, 0.15) is 13.3 Å². The van der Waals surface area contributed by atoms with E-state index in [-0.39, 0.29) is 18.4 Å². The summed E-state index contributed by atoms with van der Waals surface area (Å²) in [6, 6.07) is 4.86. The van der Waals surface area contributed by atoms with Crippen molar-refractivity contribution < 1.29 is 9.59 Å². The Morgan fingerprint density at radius 2 is 2.32 bits per heavy atom. The minimum Gasteiger partial charge on any atom is -0.397 e. The maximum Gasteiger partial charge on any atom is 0.244 e. The quantitative estimate of drug-likeness (QED) is 0.829. The van der Waals surface area contributed by atoms with E-state index in [2.05, 4.69) is 5.32 Å². The lowest BCUT2D eigenvalue weighted by molar-refractivity contribution is -0.131. The van der Waals surface area contributed by atoms with Crippen molar-refractivity contribution in [2.24, 2.45) is 5.92 Å². The van der Waals surface area contributed by atoms with E-state index >= 15 is 0 Å². The average Bonchev–Trinajstić information content (AvgIpc) is 2.62. The van der Waals surface area contributed by atoms with E-state index in [0.29, 0.717) is 35.3 Å². The molecule has 0 spiro atoms. The van der Waals surface area contributed by atoms with Crippen molar-refractivity contribution in [3.63, 3.8) is 0 Å². The Hall–Kier alpha value is -1.75. The monoisotopic (exact) mass is 281 g/mol. The maximum absolute atomic E-state index is 11.9. The zero-order chi connectivity index (χ0) is 14.0. The molecule has 0 aliphatic carbocycles. The summed E-state index contributed by atoms with van der Waals surface area (Å²) in [5.41, 5.74) is 6.65. The molecule has 6 heteroatoms. The fourth-order valence-electron chi connectivity index (χ4n) is 2.12. The van der Waals surface area contributed by atoms with Crippen molar-refractivity contribution in [2.75, 3.05) is 24.1 Å². The average molecular weight is 282 g/mol. The summed E-state index contributed by atoms with van der Waals surface area (Å²) in [6.45, 7) is 2.66. The number of benzene rings is 1. The number of carbonyl (C=O) groups excluding carboxylic acids is 2. The lowest BCUT2D eigenvalue weighted by Gasteiger charge is -2.16. The first-order chi connectivity index (χ1) is 8.95. The van der Waals surface area contributed by atoms with E-state index in [9.17, 15) is 9.59 Å². The zero-order valence-electron chi connectivity index (χ0n) is 10.6. The third-order valence-corrected chi connectivity index (χ3v) is 3.27. The van der Waals surface area contributed by atoms with Crippen LogP contribution < -0.4 is 11.1 Å². The molecule has 1 saturated heterocycles. The second-order valence-electron chi connectivity index (χ2n) is 4.86. The predicted octanol–water partition coefficient (Wildman–Crippen LogP) is 1.73. The molecule has 1 aliphatic rings. The smallest absolute Gasteiger partial charge is 0.244 e. The van der Waals surface area contributed by atoms with Crippen LogP contribution in [0.15, 0.2) is 18.2 Å². The Balaban J connectivity index is 1.98. The molecule has 1 atom stereocenters. The predicted molar refractivity (Wildman–Crippen MR) is 74.9 cm³/mol. The topological polar surface area (TPSA) is 75.4 Å². The summed E-state index contributed by atoms with van der Waals surface area (Å²) in [6.07, 6.45) is 0.507. The van der Waals surface area contributed by atoms with Gasteiger partial charge < -0.3 is 16.0 Å². The van der Waals surface area contributed by atoms with E-state index in [0.717, 1.165) is 0 Å². The van der Waals surface area contributed by atoms with Crippen LogP contribution in [0.25, 0.3) is 0 Å². The number of nitrogen functional groups attached to an aromatic ring is 1. The van der Waals surface area contributed by atoms with Crippen LogP contribution in [-0.2, 0) is 9.59 Å². The highest BCUT2D eigenvalue weighted by molar-refractivity contribution is 6.31. The van der Waals surface area contributed by atoms with E-state index in [1.165, 1.54) is 0 Å². The van der Waals surface area contributed by atoms with Gasteiger partial charge in [-0.05, 0) is 24.1 Å². The van der Waals surface area contributed by atoms with Gasteiger partial charge in [-0.2, -0.15) is 0 Å². The van der Waals surface area contributed by atoms with Gasteiger partial charge in [0.05, 0.1) is 17.9 Å². The second kappa shape index (κ2) is 5.48. The number of rotatable bonds is 3. The molecule has 19 heavy (non-hydrogen) atoms. The maximum atomic E-state index is 11.9. The van der Waals surface area contributed by atoms with Gasteiger partial charge in [-0.25, -0.2) is 0 Å². The van der Waals surface area contributed by atoms with Gasteiger partial charge in [-0.3, -0.25) is 9.59 Å². The van der Waals surface area contributed by atoms with Crippen LogP contribution in [0.5, 0.6) is 0 Å². The minimum atomic E-state index is -0.267. The van der Waals surface area contributed by atoms with E-state index < -0.39 is 0 Å². The van der Waals surface area contributed by atoms with Crippen LogP contribution in [0, 0.1) is 5.92 Å². The van der Waals surface area contributed by atoms with E-state index in [4.69, 9.17) is 17.3 Å². The van der Waals surface area contributed by atoms with Gasteiger partial charge in [0.2, 0.25) is 11.8 Å². The summed E-state index contributed by atoms with van der Waals surface area (Å²) < 4.78 is 0. The number of hydrogen-bond acceptors (Lipinski definition) is 3. The lowest BCUT2D eigenvalue weighted by Crippen LogP contribution is -2.34. The molecule has 1 aromatic rings. The fourth-order valence-corrected chi connectivity index (χ4v) is 2.29. The number of nitrogens with one attached hydrogen (secondary N) is 1. The number of anilines is 2. The highest BCUT2D eigenvalue weighted by Crippen LogP contribution is 2.23. The Morgan fingerprint density at radius 1 is 1.58 bits per heavy atom. The Morgan fingerprint density at radius 3 is 2.95 bits per heavy atom.